The maximum absolute atomic E-state index is 12.6. The lowest BCUT2D eigenvalue weighted by molar-refractivity contribution is -0.133. The summed E-state index contributed by atoms with van der Waals surface area (Å²) in [5.74, 6) is -0.0584. The summed E-state index contributed by atoms with van der Waals surface area (Å²) >= 11 is 8.21. The van der Waals surface area contributed by atoms with Crippen molar-refractivity contribution >= 4 is 63.6 Å². The summed E-state index contributed by atoms with van der Waals surface area (Å²) in [7, 11) is 0. The molecule has 0 saturated carbocycles. The van der Waals surface area contributed by atoms with Crippen molar-refractivity contribution < 1.29 is 19.1 Å². The number of nitrogens with zero attached hydrogens (tertiary/aromatic N) is 3. The molecule has 3 heterocycles. The van der Waals surface area contributed by atoms with E-state index in [1.807, 2.05) is 23.6 Å². The van der Waals surface area contributed by atoms with E-state index in [9.17, 15) is 14.4 Å². The van der Waals surface area contributed by atoms with E-state index in [0.717, 1.165) is 4.88 Å². The molecule has 156 valence electrons. The third kappa shape index (κ3) is 5.58. The Morgan fingerprint density at radius 2 is 1.97 bits per heavy atom. The van der Waals surface area contributed by atoms with Gasteiger partial charge in [-0.2, -0.15) is 0 Å². The number of carbonyl (C=O) groups excluding carboxylic acids is 3. The van der Waals surface area contributed by atoms with E-state index < -0.39 is 0 Å². The summed E-state index contributed by atoms with van der Waals surface area (Å²) < 4.78 is 5.52. The molecule has 2 aliphatic heterocycles. The number of hydrogen-bond acceptors (Lipinski definition) is 7. The zero-order chi connectivity index (χ0) is 20.8. The van der Waals surface area contributed by atoms with Gasteiger partial charge in [0.15, 0.2) is 0 Å². The number of thiocarbonyl (C=S) groups is 1. The molecule has 10 heteroatoms. The first-order chi connectivity index (χ1) is 14.0. The molecule has 3 amide bonds. The van der Waals surface area contributed by atoms with Gasteiger partial charge >= 0.3 is 6.09 Å². The molecule has 1 aromatic rings. The van der Waals surface area contributed by atoms with Crippen LogP contribution in [-0.2, 0) is 14.3 Å². The van der Waals surface area contributed by atoms with E-state index in [-0.39, 0.29) is 17.9 Å². The average molecular weight is 454 g/mol. The fraction of sp³-hybridized carbons (Fsp3) is 0.474. The van der Waals surface area contributed by atoms with Crippen LogP contribution in [0.4, 0.5) is 4.79 Å². The second-order valence-electron chi connectivity index (χ2n) is 6.52. The van der Waals surface area contributed by atoms with Crippen molar-refractivity contribution in [2.45, 2.75) is 19.8 Å². The van der Waals surface area contributed by atoms with Crippen LogP contribution in [0.2, 0.25) is 0 Å². The number of piperazine rings is 1. The van der Waals surface area contributed by atoms with Gasteiger partial charge in [0.25, 0.3) is 5.91 Å². The van der Waals surface area contributed by atoms with Crippen LogP contribution in [0.5, 0.6) is 0 Å². The molecule has 2 aliphatic rings. The Bertz CT molecular complexity index is 802. The standard InChI is InChI=1S/C19H23N3O4S3/c1-2-26-18(25)21-10-8-20(9-11-21)16(23)6-3-7-22-17(24)15(29-19(22)27)13-14-5-4-12-28-14/h4-5,12-13H,2-3,6-11H2,1H3. The van der Waals surface area contributed by atoms with Crippen molar-refractivity contribution in [2.75, 3.05) is 39.3 Å². The van der Waals surface area contributed by atoms with Gasteiger partial charge in [-0.05, 0) is 30.9 Å². The lowest BCUT2D eigenvalue weighted by Gasteiger charge is -2.34. The Hall–Kier alpha value is -1.91. The molecule has 0 aliphatic carbocycles. The van der Waals surface area contributed by atoms with Gasteiger partial charge in [-0.3, -0.25) is 14.5 Å². The summed E-state index contributed by atoms with van der Waals surface area (Å²) in [6.45, 7) is 4.51. The Morgan fingerprint density at radius 1 is 1.24 bits per heavy atom. The van der Waals surface area contributed by atoms with Crippen LogP contribution in [0.1, 0.15) is 24.6 Å². The first-order valence-corrected chi connectivity index (χ1v) is 11.6. The summed E-state index contributed by atoms with van der Waals surface area (Å²) in [6, 6.07) is 3.90. The highest BCUT2D eigenvalue weighted by Gasteiger charge is 2.32. The molecule has 29 heavy (non-hydrogen) atoms. The lowest BCUT2D eigenvalue weighted by Crippen LogP contribution is -2.50. The monoisotopic (exact) mass is 453 g/mol. The van der Waals surface area contributed by atoms with Crippen molar-refractivity contribution in [1.29, 1.82) is 0 Å². The Balaban J connectivity index is 1.43. The Morgan fingerprint density at radius 3 is 2.62 bits per heavy atom. The summed E-state index contributed by atoms with van der Waals surface area (Å²) in [6.07, 6.45) is 2.43. The van der Waals surface area contributed by atoms with E-state index >= 15 is 0 Å². The highest BCUT2D eigenvalue weighted by molar-refractivity contribution is 8.26. The Labute approximate surface area is 183 Å². The van der Waals surface area contributed by atoms with Crippen LogP contribution in [0.25, 0.3) is 6.08 Å². The molecule has 0 bridgehead atoms. The van der Waals surface area contributed by atoms with Gasteiger partial charge < -0.3 is 14.5 Å². The number of amides is 3. The van der Waals surface area contributed by atoms with Gasteiger partial charge in [-0.15, -0.1) is 11.3 Å². The van der Waals surface area contributed by atoms with E-state index in [2.05, 4.69) is 0 Å². The van der Waals surface area contributed by atoms with Gasteiger partial charge in [0.05, 0.1) is 11.5 Å². The zero-order valence-corrected chi connectivity index (χ0v) is 18.6. The number of thiophene rings is 1. The van der Waals surface area contributed by atoms with Gasteiger partial charge in [0, 0.05) is 44.0 Å². The zero-order valence-electron chi connectivity index (χ0n) is 16.2. The van der Waals surface area contributed by atoms with Crippen molar-refractivity contribution in [3.05, 3.63) is 27.3 Å². The van der Waals surface area contributed by atoms with Crippen LogP contribution >= 0.6 is 35.3 Å². The molecule has 3 rings (SSSR count). The number of ether oxygens (including phenoxy) is 1. The fourth-order valence-corrected chi connectivity index (χ4v) is 5.13. The minimum Gasteiger partial charge on any atom is -0.450 e. The quantitative estimate of drug-likeness (QED) is 0.487. The van der Waals surface area contributed by atoms with Crippen LogP contribution in [0.15, 0.2) is 22.4 Å². The maximum Gasteiger partial charge on any atom is 0.409 e. The van der Waals surface area contributed by atoms with Gasteiger partial charge in [-0.1, -0.05) is 30.0 Å². The molecule has 7 nitrogen and oxygen atoms in total. The second-order valence-corrected chi connectivity index (χ2v) is 9.17. The summed E-state index contributed by atoms with van der Waals surface area (Å²) in [4.78, 5) is 43.4. The first kappa shape index (κ1) is 21.8. The van der Waals surface area contributed by atoms with Crippen molar-refractivity contribution in [3.8, 4) is 0 Å². The lowest BCUT2D eigenvalue weighted by atomic mass is 10.2. The van der Waals surface area contributed by atoms with E-state index in [1.54, 1.807) is 33.0 Å². The van der Waals surface area contributed by atoms with Crippen LogP contribution in [-0.4, -0.2) is 76.3 Å². The molecular weight excluding hydrogens is 430 g/mol. The van der Waals surface area contributed by atoms with Crippen molar-refractivity contribution in [2.24, 2.45) is 0 Å². The normalized spacial score (nSPS) is 18.7. The van der Waals surface area contributed by atoms with E-state index in [0.29, 0.717) is 61.4 Å². The van der Waals surface area contributed by atoms with E-state index in [1.165, 1.54) is 11.8 Å². The number of hydrogen-bond donors (Lipinski definition) is 0. The minimum absolute atomic E-state index is 0.0353. The molecule has 1 aromatic heterocycles. The molecule has 0 atom stereocenters. The third-order valence-electron chi connectivity index (χ3n) is 4.62. The fourth-order valence-electron chi connectivity index (χ4n) is 3.10. The Kier molecular flexibility index (Phi) is 7.68. The smallest absolute Gasteiger partial charge is 0.409 e. The number of thioether (sulfide) groups is 1. The molecule has 0 aromatic carbocycles. The average Bonchev–Trinajstić information content (AvgIpc) is 3.32. The molecule has 0 spiro atoms. The van der Waals surface area contributed by atoms with Crippen molar-refractivity contribution in [3.63, 3.8) is 0 Å². The maximum atomic E-state index is 12.6. The molecule has 0 unspecified atom stereocenters. The van der Waals surface area contributed by atoms with Crippen molar-refractivity contribution in [1.82, 2.24) is 14.7 Å². The van der Waals surface area contributed by atoms with Crippen LogP contribution in [0, 0.1) is 0 Å². The van der Waals surface area contributed by atoms with Crippen LogP contribution < -0.4 is 0 Å². The van der Waals surface area contributed by atoms with Gasteiger partial charge in [0.2, 0.25) is 5.91 Å². The molecule has 2 fully saturated rings. The van der Waals surface area contributed by atoms with Crippen LogP contribution in [0.3, 0.4) is 0 Å². The largest absolute Gasteiger partial charge is 0.450 e. The summed E-state index contributed by atoms with van der Waals surface area (Å²) in [5.41, 5.74) is 0. The van der Waals surface area contributed by atoms with Gasteiger partial charge in [0.1, 0.15) is 4.32 Å². The first-order valence-electron chi connectivity index (χ1n) is 9.48. The topological polar surface area (TPSA) is 70.2 Å². The highest BCUT2D eigenvalue weighted by atomic mass is 32.2. The minimum atomic E-state index is -0.329. The second kappa shape index (κ2) is 10.2. The van der Waals surface area contributed by atoms with Gasteiger partial charge in [-0.25, -0.2) is 4.79 Å². The van der Waals surface area contributed by atoms with E-state index in [4.69, 9.17) is 17.0 Å². The molecular formula is C19H23N3O4S3. The predicted octanol–water partition coefficient (Wildman–Crippen LogP) is 3.03. The highest BCUT2D eigenvalue weighted by Crippen LogP contribution is 2.33. The third-order valence-corrected chi connectivity index (χ3v) is 6.82. The SMILES string of the molecule is CCOC(=O)N1CCN(C(=O)CCCN2C(=O)C(=Cc3cccs3)SC2=S)CC1. The predicted molar refractivity (Wildman–Crippen MR) is 119 cm³/mol. The molecule has 0 N–H and O–H groups in total. The molecule has 0 radical (unpaired) electrons. The number of rotatable bonds is 6. The number of carbonyl (C=O) groups is 3. The summed E-state index contributed by atoms with van der Waals surface area (Å²) in [5, 5.41) is 1.96. The molecule has 2 saturated heterocycles.